The van der Waals surface area contributed by atoms with Crippen LogP contribution < -0.4 is 4.72 Å². The van der Waals surface area contributed by atoms with Gasteiger partial charge in [-0.3, -0.25) is 9.78 Å². The largest absolute Gasteiger partial charge is 0.376 e. The molecule has 1 saturated heterocycles. The van der Waals surface area contributed by atoms with Crippen molar-refractivity contribution in [3.63, 3.8) is 0 Å². The minimum Gasteiger partial charge on any atom is -0.376 e. The Balaban J connectivity index is 1.70. The number of fused-ring (bicyclic) bond motifs is 1. The normalized spacial score (nSPS) is 19.0. The number of ether oxygens (including phenoxy) is 2. The maximum atomic E-state index is 13.8. The number of hydrogen-bond donors (Lipinski definition) is 1. The van der Waals surface area contributed by atoms with E-state index < -0.39 is 27.9 Å². The Morgan fingerprint density at radius 2 is 2.22 bits per heavy atom. The summed E-state index contributed by atoms with van der Waals surface area (Å²) in [6, 6.07) is 5.05. The second-order valence-electron chi connectivity index (χ2n) is 6.38. The van der Waals surface area contributed by atoms with Gasteiger partial charge >= 0.3 is 0 Å². The van der Waals surface area contributed by atoms with Crippen molar-refractivity contribution in [2.45, 2.75) is 43.3 Å². The molecule has 9 heteroatoms. The van der Waals surface area contributed by atoms with Gasteiger partial charge in [0.1, 0.15) is 17.4 Å². The first-order chi connectivity index (χ1) is 12.9. The maximum absolute atomic E-state index is 13.8. The van der Waals surface area contributed by atoms with Crippen molar-refractivity contribution in [1.29, 1.82) is 0 Å². The highest BCUT2D eigenvalue weighted by atomic mass is 32.2. The third kappa shape index (κ3) is 4.60. The number of amides is 1. The van der Waals surface area contributed by atoms with Gasteiger partial charge in [0, 0.05) is 18.2 Å². The van der Waals surface area contributed by atoms with E-state index in [1.807, 2.05) is 4.72 Å². The van der Waals surface area contributed by atoms with Gasteiger partial charge in [-0.25, -0.2) is 17.5 Å². The van der Waals surface area contributed by atoms with Crippen molar-refractivity contribution in [2.24, 2.45) is 0 Å². The zero-order chi connectivity index (χ0) is 19.4. The molecule has 1 aromatic heterocycles. The zero-order valence-corrected chi connectivity index (χ0v) is 15.7. The highest BCUT2D eigenvalue weighted by Gasteiger charge is 2.26. The molecular formula is C18H21FN2O5S. The van der Waals surface area contributed by atoms with E-state index >= 15 is 0 Å². The van der Waals surface area contributed by atoms with Crippen molar-refractivity contribution in [2.75, 3.05) is 13.2 Å². The van der Waals surface area contributed by atoms with Crippen LogP contribution in [0.3, 0.4) is 0 Å². The summed E-state index contributed by atoms with van der Waals surface area (Å²) in [7, 11) is -4.21. The molecule has 2 heterocycles. The topological polar surface area (TPSA) is 94.6 Å². The summed E-state index contributed by atoms with van der Waals surface area (Å²) in [6.07, 6.45) is 3.19. The Hall–Kier alpha value is -2.10. The molecule has 1 aliphatic heterocycles. The van der Waals surface area contributed by atoms with E-state index in [9.17, 15) is 17.6 Å². The van der Waals surface area contributed by atoms with Crippen LogP contribution in [0.5, 0.6) is 0 Å². The molecule has 3 rings (SSSR count). The SMILES string of the molecule is C[C@@H](OC[C@H]1CCCCO1)C(=O)NS(=O)(=O)c1ccc(F)c2ncccc12. The van der Waals surface area contributed by atoms with Gasteiger partial charge in [-0.2, -0.15) is 0 Å². The molecule has 1 N–H and O–H groups in total. The molecule has 1 amide bonds. The molecule has 0 radical (unpaired) electrons. The first-order valence-corrected chi connectivity index (χ1v) is 10.2. The number of rotatable bonds is 6. The molecule has 0 saturated carbocycles. The van der Waals surface area contributed by atoms with Gasteiger partial charge in [0.15, 0.2) is 0 Å². The van der Waals surface area contributed by atoms with Gasteiger partial charge in [0.25, 0.3) is 15.9 Å². The third-order valence-corrected chi connectivity index (χ3v) is 5.79. The van der Waals surface area contributed by atoms with Crippen LogP contribution in [0.1, 0.15) is 26.2 Å². The molecule has 146 valence electrons. The first kappa shape index (κ1) is 19.7. The van der Waals surface area contributed by atoms with Gasteiger partial charge in [-0.05, 0) is 50.5 Å². The van der Waals surface area contributed by atoms with Crippen LogP contribution in [0.25, 0.3) is 10.9 Å². The molecule has 27 heavy (non-hydrogen) atoms. The highest BCUT2D eigenvalue weighted by Crippen LogP contribution is 2.23. The second kappa shape index (κ2) is 8.28. The summed E-state index contributed by atoms with van der Waals surface area (Å²) < 4.78 is 52.0. The number of sulfonamides is 1. The monoisotopic (exact) mass is 396 g/mol. The first-order valence-electron chi connectivity index (χ1n) is 8.71. The fourth-order valence-electron chi connectivity index (χ4n) is 2.88. The standard InChI is InChI=1S/C18H21FN2O5S/c1-12(26-11-13-5-2-3-10-25-13)18(22)21-27(23,24)16-8-7-15(19)17-14(16)6-4-9-20-17/h4,6-9,12-13H,2-3,5,10-11H2,1H3,(H,21,22)/t12-,13-/m1/s1. The average Bonchev–Trinajstić information content (AvgIpc) is 2.66. The van der Waals surface area contributed by atoms with E-state index in [1.165, 1.54) is 25.3 Å². The van der Waals surface area contributed by atoms with Crippen molar-refractivity contribution >= 4 is 26.8 Å². The Labute approximate surface area is 156 Å². The van der Waals surface area contributed by atoms with E-state index in [0.29, 0.717) is 6.61 Å². The number of pyridine rings is 1. The molecule has 2 atom stereocenters. The van der Waals surface area contributed by atoms with Crippen molar-refractivity contribution < 1.29 is 27.1 Å². The van der Waals surface area contributed by atoms with Crippen molar-refractivity contribution in [3.8, 4) is 0 Å². The van der Waals surface area contributed by atoms with Crippen LogP contribution in [0, 0.1) is 5.82 Å². The van der Waals surface area contributed by atoms with Gasteiger partial charge in [-0.15, -0.1) is 0 Å². The molecule has 0 bridgehead atoms. The number of hydrogen-bond acceptors (Lipinski definition) is 6. The average molecular weight is 396 g/mol. The fourth-order valence-corrected chi connectivity index (χ4v) is 4.13. The Bertz CT molecular complexity index is 928. The molecule has 0 spiro atoms. The van der Waals surface area contributed by atoms with Crippen LogP contribution in [-0.4, -0.2) is 44.7 Å². The van der Waals surface area contributed by atoms with Crippen LogP contribution >= 0.6 is 0 Å². The third-order valence-electron chi connectivity index (χ3n) is 4.38. The van der Waals surface area contributed by atoms with E-state index in [0.717, 1.165) is 31.4 Å². The van der Waals surface area contributed by atoms with Gasteiger partial charge in [0.2, 0.25) is 0 Å². The van der Waals surface area contributed by atoms with Gasteiger partial charge in [0.05, 0.1) is 17.6 Å². The molecule has 0 unspecified atom stereocenters. The van der Waals surface area contributed by atoms with Crippen LogP contribution in [-0.2, 0) is 24.3 Å². The number of aromatic nitrogens is 1. The molecule has 0 aliphatic carbocycles. The van der Waals surface area contributed by atoms with Gasteiger partial charge in [-0.1, -0.05) is 0 Å². The molecule has 1 aliphatic rings. The van der Waals surface area contributed by atoms with Crippen LogP contribution in [0.2, 0.25) is 0 Å². The molecule has 1 fully saturated rings. The lowest BCUT2D eigenvalue weighted by atomic mass is 10.1. The van der Waals surface area contributed by atoms with Crippen LogP contribution in [0.4, 0.5) is 4.39 Å². The predicted octanol–water partition coefficient (Wildman–Crippen LogP) is 2.15. The molecular weight excluding hydrogens is 375 g/mol. The van der Waals surface area contributed by atoms with E-state index in [2.05, 4.69) is 4.98 Å². The Morgan fingerprint density at radius 1 is 1.41 bits per heavy atom. The molecule has 2 aromatic rings. The van der Waals surface area contributed by atoms with E-state index in [4.69, 9.17) is 9.47 Å². The van der Waals surface area contributed by atoms with Crippen LogP contribution in [0.15, 0.2) is 35.4 Å². The molecule has 1 aromatic carbocycles. The number of carbonyl (C=O) groups is 1. The molecule has 7 nitrogen and oxygen atoms in total. The van der Waals surface area contributed by atoms with Crippen molar-refractivity contribution in [1.82, 2.24) is 9.71 Å². The highest BCUT2D eigenvalue weighted by molar-refractivity contribution is 7.90. The fraction of sp³-hybridized carbons (Fsp3) is 0.444. The minimum absolute atomic E-state index is 0.0773. The summed E-state index contributed by atoms with van der Waals surface area (Å²) in [6.45, 7) is 2.35. The lowest BCUT2D eigenvalue weighted by Crippen LogP contribution is -2.40. The number of nitrogens with one attached hydrogen (secondary N) is 1. The number of nitrogens with zero attached hydrogens (tertiary/aromatic N) is 1. The summed E-state index contributed by atoms with van der Waals surface area (Å²) in [5.41, 5.74) is -0.0773. The lowest BCUT2D eigenvalue weighted by Gasteiger charge is -2.23. The Morgan fingerprint density at radius 3 is 2.96 bits per heavy atom. The van der Waals surface area contributed by atoms with Gasteiger partial charge < -0.3 is 9.47 Å². The second-order valence-corrected chi connectivity index (χ2v) is 8.03. The number of halogens is 1. The van der Waals surface area contributed by atoms with Crippen molar-refractivity contribution in [3.05, 3.63) is 36.3 Å². The van der Waals surface area contributed by atoms with E-state index in [1.54, 1.807) is 0 Å². The summed E-state index contributed by atoms with van der Waals surface area (Å²) in [4.78, 5) is 15.9. The number of benzene rings is 1. The minimum atomic E-state index is -4.21. The summed E-state index contributed by atoms with van der Waals surface area (Å²) in [5, 5.41) is 0.0991. The Kier molecular flexibility index (Phi) is 6.03. The smallest absolute Gasteiger partial charge is 0.264 e. The van der Waals surface area contributed by atoms with E-state index in [-0.39, 0.29) is 28.5 Å². The number of carbonyl (C=O) groups excluding carboxylic acids is 1. The quantitative estimate of drug-likeness (QED) is 0.804. The summed E-state index contributed by atoms with van der Waals surface area (Å²) >= 11 is 0. The zero-order valence-electron chi connectivity index (χ0n) is 14.9. The predicted molar refractivity (Wildman–Crippen MR) is 96.0 cm³/mol. The maximum Gasteiger partial charge on any atom is 0.264 e. The lowest BCUT2D eigenvalue weighted by molar-refractivity contribution is -0.133. The summed E-state index contributed by atoms with van der Waals surface area (Å²) in [5.74, 6) is -1.44.